The van der Waals surface area contributed by atoms with Crippen LogP contribution in [0.15, 0.2) is 82.6 Å². The van der Waals surface area contributed by atoms with E-state index in [0.29, 0.717) is 18.2 Å². The van der Waals surface area contributed by atoms with E-state index in [1.165, 1.54) is 24.3 Å². The highest BCUT2D eigenvalue weighted by atomic mass is 32.2. The predicted octanol–water partition coefficient (Wildman–Crippen LogP) is 5.70. The van der Waals surface area contributed by atoms with Gasteiger partial charge in [-0.1, -0.05) is 42.5 Å². The second kappa shape index (κ2) is 10.4. The first-order chi connectivity index (χ1) is 18.8. The van der Waals surface area contributed by atoms with E-state index in [4.69, 9.17) is 0 Å². The molecule has 16 heteroatoms. The van der Waals surface area contributed by atoms with E-state index in [-0.39, 0.29) is 21.6 Å². The Morgan fingerprint density at radius 2 is 1.34 bits per heavy atom. The van der Waals surface area contributed by atoms with Crippen LogP contribution in [0.2, 0.25) is 0 Å². The summed E-state index contributed by atoms with van der Waals surface area (Å²) in [6, 6.07) is 13.1. The molecule has 0 aliphatic heterocycles. The van der Waals surface area contributed by atoms with Crippen molar-refractivity contribution in [2.45, 2.75) is 22.3 Å². The summed E-state index contributed by atoms with van der Waals surface area (Å²) in [5, 5.41) is 0. The van der Waals surface area contributed by atoms with Gasteiger partial charge >= 0.3 is 12.5 Å². The number of aromatic nitrogens is 2. The van der Waals surface area contributed by atoms with Gasteiger partial charge in [0.05, 0.1) is 21.2 Å². The third-order valence-electron chi connectivity index (χ3n) is 5.49. The Hall–Kier alpha value is -4.02. The van der Waals surface area contributed by atoms with Crippen LogP contribution in [0.1, 0.15) is 5.82 Å². The van der Waals surface area contributed by atoms with Crippen LogP contribution in [0.25, 0.3) is 33.6 Å². The zero-order chi connectivity index (χ0) is 30.4. The van der Waals surface area contributed by atoms with Crippen molar-refractivity contribution in [3.05, 3.63) is 78.6 Å². The Balaban J connectivity index is 2.18. The van der Waals surface area contributed by atoms with E-state index < -0.39 is 65.9 Å². The van der Waals surface area contributed by atoms with Crippen molar-refractivity contribution in [3.63, 3.8) is 0 Å². The molecule has 0 bridgehead atoms. The summed E-state index contributed by atoms with van der Waals surface area (Å²) in [6.07, 6.45) is -9.61. The summed E-state index contributed by atoms with van der Waals surface area (Å²) in [5.41, 5.74) is -2.52. The fourth-order valence-corrected chi connectivity index (χ4v) is 5.13. The van der Waals surface area contributed by atoms with Crippen molar-refractivity contribution in [2.75, 3.05) is 6.26 Å². The number of alkyl halides is 6. The van der Waals surface area contributed by atoms with Crippen LogP contribution < -0.4 is 4.74 Å². The van der Waals surface area contributed by atoms with Crippen molar-refractivity contribution in [2.24, 2.45) is 0 Å². The second-order valence-electron chi connectivity index (χ2n) is 8.44. The van der Waals surface area contributed by atoms with Gasteiger partial charge in [0.25, 0.3) is 0 Å². The van der Waals surface area contributed by atoms with Crippen LogP contribution in [-0.2, 0) is 26.1 Å². The van der Waals surface area contributed by atoms with Gasteiger partial charge in [-0.2, -0.15) is 13.2 Å². The van der Waals surface area contributed by atoms with Crippen LogP contribution in [0.3, 0.4) is 0 Å². The number of ether oxygens (including phenoxy) is 1. The number of halogens is 6. The molecule has 8 nitrogen and oxygen atoms in total. The Bertz CT molecular complexity index is 1830. The third kappa shape index (κ3) is 6.83. The van der Waals surface area contributed by atoms with E-state index in [0.717, 1.165) is 30.5 Å². The number of benzene rings is 3. The van der Waals surface area contributed by atoms with Gasteiger partial charge in [-0.05, 0) is 35.9 Å². The van der Waals surface area contributed by atoms with Crippen molar-refractivity contribution in [1.29, 1.82) is 0 Å². The Morgan fingerprint density at radius 1 is 0.756 bits per heavy atom. The molecule has 216 valence electrons. The predicted molar refractivity (Wildman–Crippen MR) is 131 cm³/mol. The smallest absolute Gasteiger partial charge is 0.573 e. The molecule has 1 aromatic heterocycles. The molecule has 3 aromatic carbocycles. The SMILES string of the molecule is CS(=O)(=O)c1ccc(-c2nc(C(F)(F)F)nc(-c3cc(OC(F)(F)F)ccc3S(=O)(=O)[O-])c2-c2ccccc2)cc1. The van der Waals surface area contributed by atoms with Gasteiger partial charge in [0.15, 0.2) is 9.84 Å². The first kappa shape index (κ1) is 30.0. The van der Waals surface area contributed by atoms with Crippen LogP contribution in [0.5, 0.6) is 5.75 Å². The summed E-state index contributed by atoms with van der Waals surface area (Å²) in [5.74, 6) is -2.85. The summed E-state index contributed by atoms with van der Waals surface area (Å²) in [6.45, 7) is 0. The minimum Gasteiger partial charge on any atom is -0.744 e. The van der Waals surface area contributed by atoms with E-state index >= 15 is 0 Å². The lowest BCUT2D eigenvalue weighted by Gasteiger charge is -2.21. The fourth-order valence-electron chi connectivity index (χ4n) is 3.84. The molecule has 0 unspecified atom stereocenters. The van der Waals surface area contributed by atoms with E-state index in [2.05, 4.69) is 14.7 Å². The normalized spacial score (nSPS) is 12.8. The lowest BCUT2D eigenvalue weighted by molar-refractivity contribution is -0.274. The zero-order valence-electron chi connectivity index (χ0n) is 20.4. The highest BCUT2D eigenvalue weighted by molar-refractivity contribution is 7.90. The molecular formula is C25H15F6N2O6S2-. The highest BCUT2D eigenvalue weighted by Gasteiger charge is 2.38. The van der Waals surface area contributed by atoms with Gasteiger partial charge in [-0.25, -0.2) is 26.8 Å². The van der Waals surface area contributed by atoms with Gasteiger partial charge in [0.1, 0.15) is 15.9 Å². The number of nitrogens with zero attached hydrogens (tertiary/aromatic N) is 2. The first-order valence-corrected chi connectivity index (χ1v) is 14.4. The Morgan fingerprint density at radius 3 is 1.85 bits per heavy atom. The molecule has 0 aliphatic carbocycles. The summed E-state index contributed by atoms with van der Waals surface area (Å²) in [4.78, 5) is 5.74. The maximum absolute atomic E-state index is 14.0. The van der Waals surface area contributed by atoms with E-state index in [1.807, 2.05) is 0 Å². The lowest BCUT2D eigenvalue weighted by atomic mass is 9.94. The number of sulfone groups is 1. The van der Waals surface area contributed by atoms with Gasteiger partial charge < -0.3 is 9.29 Å². The topological polar surface area (TPSA) is 126 Å². The summed E-state index contributed by atoms with van der Waals surface area (Å²) < 4.78 is 145. The lowest BCUT2D eigenvalue weighted by Crippen LogP contribution is -2.17. The Labute approximate surface area is 228 Å². The average molecular weight is 618 g/mol. The van der Waals surface area contributed by atoms with Gasteiger partial charge in [0, 0.05) is 22.9 Å². The minimum absolute atomic E-state index is 0.0837. The standard InChI is InChI=1S/C25H16F6N2O6S2/c1-40(34,35)17-10-7-15(8-11-17)21-20(14-5-3-2-4-6-14)22(33-23(32-21)24(26,27)28)18-13-16(39-25(29,30)31)9-12-19(18)41(36,37)38/h2-13H,1H3,(H,36,37,38)/p-1. The minimum atomic E-state index is -5.48. The Kier molecular flexibility index (Phi) is 7.62. The number of hydrogen-bond acceptors (Lipinski definition) is 8. The molecule has 0 N–H and O–H groups in total. The van der Waals surface area contributed by atoms with Crippen LogP contribution in [0, 0.1) is 0 Å². The van der Waals surface area contributed by atoms with Crippen LogP contribution in [0.4, 0.5) is 26.3 Å². The highest BCUT2D eigenvalue weighted by Crippen LogP contribution is 2.43. The summed E-state index contributed by atoms with van der Waals surface area (Å²) >= 11 is 0. The van der Waals surface area contributed by atoms with Gasteiger partial charge in [-0.15, -0.1) is 13.2 Å². The molecule has 0 atom stereocenters. The van der Waals surface area contributed by atoms with Gasteiger partial charge in [0.2, 0.25) is 5.82 Å². The maximum atomic E-state index is 14.0. The molecule has 0 amide bonds. The monoisotopic (exact) mass is 617 g/mol. The second-order valence-corrected chi connectivity index (χ2v) is 11.8. The molecule has 0 fully saturated rings. The molecular weight excluding hydrogens is 602 g/mol. The van der Waals surface area contributed by atoms with E-state index in [9.17, 15) is 47.7 Å². The molecule has 4 rings (SSSR count). The molecule has 4 aromatic rings. The van der Waals surface area contributed by atoms with Crippen molar-refractivity contribution < 1.29 is 52.5 Å². The molecule has 0 radical (unpaired) electrons. The quantitative estimate of drug-likeness (QED) is 0.199. The summed E-state index contributed by atoms with van der Waals surface area (Å²) in [7, 11) is -9.19. The van der Waals surface area contributed by atoms with E-state index in [1.54, 1.807) is 6.07 Å². The average Bonchev–Trinajstić information content (AvgIpc) is 2.86. The van der Waals surface area contributed by atoms with Gasteiger partial charge in [-0.3, -0.25) is 0 Å². The fraction of sp³-hybridized carbons (Fsp3) is 0.120. The molecule has 0 saturated carbocycles. The third-order valence-corrected chi connectivity index (χ3v) is 7.51. The first-order valence-electron chi connectivity index (χ1n) is 11.1. The maximum Gasteiger partial charge on any atom is 0.573 e. The molecule has 0 aliphatic rings. The molecule has 0 saturated heterocycles. The largest absolute Gasteiger partial charge is 0.744 e. The van der Waals surface area contributed by atoms with Crippen molar-refractivity contribution >= 4 is 20.0 Å². The zero-order valence-corrected chi connectivity index (χ0v) is 22.0. The molecule has 41 heavy (non-hydrogen) atoms. The number of hydrogen-bond donors (Lipinski definition) is 0. The number of rotatable bonds is 6. The molecule has 0 spiro atoms. The molecule has 1 heterocycles. The van der Waals surface area contributed by atoms with Crippen molar-refractivity contribution in [1.82, 2.24) is 9.97 Å². The van der Waals surface area contributed by atoms with Crippen LogP contribution >= 0.6 is 0 Å². The van der Waals surface area contributed by atoms with Crippen LogP contribution in [-0.4, -0.2) is 44.0 Å². The van der Waals surface area contributed by atoms with Crippen molar-refractivity contribution in [3.8, 4) is 39.4 Å².